The fourth-order valence-electron chi connectivity index (χ4n) is 3.46. The number of halogens is 5. The monoisotopic (exact) mass is 704 g/mol. The van der Waals surface area contributed by atoms with Gasteiger partial charge in [0.1, 0.15) is 11.3 Å². The number of carbonyl (C=O) groups excluding carboxylic acids is 2. The minimum Gasteiger partial charge on any atom is -0.465 e. The van der Waals surface area contributed by atoms with Crippen molar-refractivity contribution in [2.45, 2.75) is 49.3 Å². The fourth-order valence-corrected chi connectivity index (χ4v) is 5.01. The summed E-state index contributed by atoms with van der Waals surface area (Å²) in [6.45, 7) is -0.789. The molecule has 1 unspecified atom stereocenters. The standard InChI is InChI=1S/C18H17F3I2O8S/c19-12(18(20,21)32(26,27)28)5-8-29-15(24)9-3-6-17(7-4-9)30-11-2-1-10(22)14(23)13(11)16(25)31-17/h1-2,9,12H,3-8H2,(H,26,27,28). The van der Waals surface area contributed by atoms with Crippen molar-refractivity contribution < 1.29 is 49.9 Å². The highest BCUT2D eigenvalue weighted by Gasteiger charge is 2.52. The lowest BCUT2D eigenvalue weighted by molar-refractivity contribution is -0.184. The van der Waals surface area contributed by atoms with Crippen LogP contribution < -0.4 is 4.74 Å². The van der Waals surface area contributed by atoms with Gasteiger partial charge in [-0.1, -0.05) is 0 Å². The van der Waals surface area contributed by atoms with E-state index in [2.05, 4.69) is 22.6 Å². The number of ether oxygens (including phenoxy) is 3. The van der Waals surface area contributed by atoms with Crippen LogP contribution in [0, 0.1) is 13.1 Å². The van der Waals surface area contributed by atoms with Crippen LogP contribution in [-0.4, -0.2) is 48.7 Å². The van der Waals surface area contributed by atoms with Crippen LogP contribution in [0.3, 0.4) is 0 Å². The van der Waals surface area contributed by atoms with E-state index in [0.717, 1.165) is 3.57 Å². The number of fused-ring (bicyclic) bond motifs is 1. The van der Waals surface area contributed by atoms with E-state index in [9.17, 15) is 31.2 Å². The Hall–Kier alpha value is -0.880. The second-order valence-electron chi connectivity index (χ2n) is 7.37. The number of rotatable bonds is 6. The van der Waals surface area contributed by atoms with Crippen LogP contribution in [0.1, 0.15) is 42.5 Å². The van der Waals surface area contributed by atoms with E-state index in [1.54, 1.807) is 12.1 Å². The van der Waals surface area contributed by atoms with E-state index < -0.39 is 58.2 Å². The van der Waals surface area contributed by atoms with Crippen molar-refractivity contribution in [1.29, 1.82) is 0 Å². The SMILES string of the molecule is O=C1OC2(CCC(C(=O)OCCC(F)C(F)(F)S(=O)(=O)O)CC2)Oc2ccc(I)c(I)c21. The molecule has 1 aromatic rings. The molecule has 0 radical (unpaired) electrons. The van der Waals surface area contributed by atoms with Crippen molar-refractivity contribution in [3.8, 4) is 5.75 Å². The van der Waals surface area contributed by atoms with Gasteiger partial charge in [-0.25, -0.2) is 9.18 Å². The van der Waals surface area contributed by atoms with Crippen molar-refractivity contribution in [3.63, 3.8) is 0 Å². The van der Waals surface area contributed by atoms with Gasteiger partial charge in [0.05, 0.1) is 12.5 Å². The highest BCUT2D eigenvalue weighted by molar-refractivity contribution is 14.1. The lowest BCUT2D eigenvalue weighted by Crippen LogP contribution is -2.48. The predicted octanol–water partition coefficient (Wildman–Crippen LogP) is 4.08. The fraction of sp³-hybridized carbons (Fsp3) is 0.556. The second-order valence-corrected chi connectivity index (χ2v) is 11.1. The highest BCUT2D eigenvalue weighted by atomic mass is 127. The average Bonchev–Trinajstić information content (AvgIpc) is 2.70. The number of esters is 2. The molecule has 14 heteroatoms. The molecule has 0 amide bonds. The average molecular weight is 704 g/mol. The summed E-state index contributed by atoms with van der Waals surface area (Å²) in [5.41, 5.74) is 0.340. The summed E-state index contributed by atoms with van der Waals surface area (Å²) in [4.78, 5) is 24.7. The lowest BCUT2D eigenvalue weighted by atomic mass is 9.84. The van der Waals surface area contributed by atoms with Gasteiger partial charge in [-0.3, -0.25) is 9.35 Å². The maximum absolute atomic E-state index is 13.5. The molecular weight excluding hydrogens is 687 g/mol. The first-order valence-corrected chi connectivity index (χ1v) is 12.9. The molecule has 32 heavy (non-hydrogen) atoms. The van der Waals surface area contributed by atoms with Gasteiger partial charge in [-0.15, -0.1) is 0 Å². The Morgan fingerprint density at radius 3 is 2.50 bits per heavy atom. The molecular formula is C18H17F3I2O8S. The molecule has 1 aliphatic heterocycles. The molecule has 178 valence electrons. The number of carbonyl (C=O) groups is 2. The molecule has 3 rings (SSSR count). The van der Waals surface area contributed by atoms with E-state index in [1.165, 1.54) is 0 Å². The van der Waals surface area contributed by atoms with Gasteiger partial charge in [0.2, 0.25) is 0 Å². The maximum atomic E-state index is 13.5. The van der Waals surface area contributed by atoms with E-state index in [0.29, 0.717) is 14.9 Å². The summed E-state index contributed by atoms with van der Waals surface area (Å²) in [5.74, 6) is -2.78. The summed E-state index contributed by atoms with van der Waals surface area (Å²) >= 11 is 4.12. The maximum Gasteiger partial charge on any atom is 0.400 e. The minimum absolute atomic E-state index is 0.188. The van der Waals surface area contributed by atoms with E-state index in [1.807, 2.05) is 22.6 Å². The number of benzene rings is 1. The lowest BCUT2D eigenvalue weighted by Gasteiger charge is -2.41. The smallest absolute Gasteiger partial charge is 0.400 e. The van der Waals surface area contributed by atoms with E-state index >= 15 is 0 Å². The van der Waals surface area contributed by atoms with E-state index in [4.69, 9.17) is 18.8 Å². The third kappa shape index (κ3) is 5.11. The van der Waals surface area contributed by atoms with Crippen LogP contribution in [0.2, 0.25) is 0 Å². The quantitative estimate of drug-likeness (QED) is 0.268. The summed E-state index contributed by atoms with van der Waals surface area (Å²) in [6.07, 6.45) is -3.54. The zero-order valence-corrected chi connectivity index (χ0v) is 21.3. The van der Waals surface area contributed by atoms with Crippen LogP contribution in [0.15, 0.2) is 12.1 Å². The van der Waals surface area contributed by atoms with Crippen LogP contribution >= 0.6 is 45.2 Å². The first-order valence-electron chi connectivity index (χ1n) is 9.33. The van der Waals surface area contributed by atoms with Crippen molar-refractivity contribution >= 4 is 67.2 Å². The summed E-state index contributed by atoms with van der Waals surface area (Å²) in [6, 6.07) is 3.48. The summed E-state index contributed by atoms with van der Waals surface area (Å²) in [7, 11) is -5.92. The molecule has 1 aliphatic carbocycles. The van der Waals surface area contributed by atoms with Crippen molar-refractivity contribution in [1.82, 2.24) is 0 Å². The first-order chi connectivity index (χ1) is 14.8. The molecule has 1 N–H and O–H groups in total. The highest BCUT2D eigenvalue weighted by Crippen LogP contribution is 2.43. The van der Waals surface area contributed by atoms with Gasteiger partial charge >= 0.3 is 27.3 Å². The Labute approximate surface area is 208 Å². The van der Waals surface area contributed by atoms with Gasteiger partial charge < -0.3 is 14.2 Å². The van der Waals surface area contributed by atoms with Gasteiger partial charge in [0.25, 0.3) is 5.79 Å². The summed E-state index contributed by atoms with van der Waals surface area (Å²) < 4.78 is 87.2. The van der Waals surface area contributed by atoms with E-state index in [-0.39, 0.29) is 25.7 Å². The van der Waals surface area contributed by atoms with Crippen molar-refractivity contribution in [3.05, 3.63) is 24.8 Å². The van der Waals surface area contributed by atoms with Crippen LogP contribution in [-0.2, 0) is 24.4 Å². The van der Waals surface area contributed by atoms with Crippen LogP contribution in [0.4, 0.5) is 13.2 Å². The third-order valence-electron chi connectivity index (χ3n) is 5.24. The third-order valence-corrected chi connectivity index (χ3v) is 9.24. The second kappa shape index (κ2) is 9.40. The number of hydrogen-bond acceptors (Lipinski definition) is 7. The van der Waals surface area contributed by atoms with Gasteiger partial charge in [0.15, 0.2) is 6.17 Å². The van der Waals surface area contributed by atoms with Crippen molar-refractivity contribution in [2.75, 3.05) is 6.61 Å². The first kappa shape index (κ1) is 25.7. The van der Waals surface area contributed by atoms with Crippen LogP contribution in [0.25, 0.3) is 0 Å². The molecule has 0 aromatic heterocycles. The molecule has 0 bridgehead atoms. The topological polar surface area (TPSA) is 116 Å². The van der Waals surface area contributed by atoms with Crippen LogP contribution in [0.5, 0.6) is 5.75 Å². The predicted molar refractivity (Wildman–Crippen MR) is 120 cm³/mol. The molecule has 2 aliphatic rings. The minimum atomic E-state index is -5.92. The van der Waals surface area contributed by atoms with Gasteiger partial charge in [-0.05, 0) is 70.2 Å². The Morgan fingerprint density at radius 1 is 1.28 bits per heavy atom. The zero-order valence-electron chi connectivity index (χ0n) is 16.2. The molecule has 1 heterocycles. The molecule has 1 spiro atoms. The Bertz CT molecular complexity index is 1030. The number of alkyl halides is 3. The van der Waals surface area contributed by atoms with Gasteiger partial charge in [-0.2, -0.15) is 17.2 Å². The summed E-state index contributed by atoms with van der Waals surface area (Å²) in [5, 5.41) is -5.00. The Kier molecular flexibility index (Phi) is 7.56. The largest absolute Gasteiger partial charge is 0.465 e. The molecule has 1 aromatic carbocycles. The Morgan fingerprint density at radius 2 is 1.91 bits per heavy atom. The molecule has 0 saturated heterocycles. The Balaban J connectivity index is 1.54. The van der Waals surface area contributed by atoms with Gasteiger partial charge in [0, 0.05) is 26.4 Å². The number of hydrogen-bond donors (Lipinski definition) is 1. The molecule has 1 atom stereocenters. The molecule has 1 fully saturated rings. The zero-order chi connectivity index (χ0) is 23.9. The van der Waals surface area contributed by atoms with Crippen molar-refractivity contribution in [2.24, 2.45) is 5.92 Å². The molecule has 1 saturated carbocycles. The molecule has 8 nitrogen and oxygen atoms in total. The normalized spacial score (nSPS) is 24.3.